The quantitative estimate of drug-likeness (QED) is 0.781. The van der Waals surface area contributed by atoms with Gasteiger partial charge in [0.25, 0.3) is 5.56 Å². The molecule has 0 aliphatic carbocycles. The van der Waals surface area contributed by atoms with E-state index in [9.17, 15) is 4.79 Å². The summed E-state index contributed by atoms with van der Waals surface area (Å²) in [4.78, 5) is 12.5. The number of nitrogens with zero attached hydrogens (tertiary/aromatic N) is 2. The van der Waals surface area contributed by atoms with Crippen molar-refractivity contribution in [3.63, 3.8) is 0 Å². The van der Waals surface area contributed by atoms with Gasteiger partial charge in [-0.15, -0.1) is 0 Å². The van der Waals surface area contributed by atoms with Gasteiger partial charge < -0.3 is 5.73 Å². The van der Waals surface area contributed by atoms with E-state index in [1.54, 1.807) is 28.8 Å². The minimum atomic E-state index is -0.102. The number of nitrogen functional groups attached to an aromatic ring is 1. The standard InChI is InChI=1S/C17H13N3O/c18-10-12-5-7-13(8-6-12)11-20-16(19)9-14-3-1-2-4-15(14)17(20)21/h1-9H,11,19H2. The molecule has 2 aromatic carbocycles. The lowest BCUT2D eigenvalue weighted by Gasteiger charge is -2.11. The smallest absolute Gasteiger partial charge is 0.260 e. The summed E-state index contributed by atoms with van der Waals surface area (Å²) in [6, 6.07) is 18.4. The third kappa shape index (κ3) is 2.37. The van der Waals surface area contributed by atoms with Gasteiger partial charge in [-0.1, -0.05) is 30.3 Å². The Bertz CT molecular complexity index is 902. The zero-order valence-electron chi connectivity index (χ0n) is 11.3. The summed E-state index contributed by atoms with van der Waals surface area (Å²) in [6.07, 6.45) is 0. The molecule has 4 nitrogen and oxygen atoms in total. The van der Waals surface area contributed by atoms with Gasteiger partial charge in [-0.2, -0.15) is 5.26 Å². The first-order chi connectivity index (χ1) is 10.2. The number of hydrogen-bond donors (Lipinski definition) is 1. The van der Waals surface area contributed by atoms with E-state index in [-0.39, 0.29) is 5.56 Å². The molecule has 21 heavy (non-hydrogen) atoms. The number of anilines is 1. The van der Waals surface area contributed by atoms with Gasteiger partial charge in [-0.3, -0.25) is 9.36 Å². The Morgan fingerprint density at radius 2 is 1.81 bits per heavy atom. The number of nitriles is 1. The molecule has 2 N–H and O–H groups in total. The fourth-order valence-electron chi connectivity index (χ4n) is 2.35. The van der Waals surface area contributed by atoms with E-state index in [2.05, 4.69) is 6.07 Å². The zero-order valence-corrected chi connectivity index (χ0v) is 11.3. The molecule has 0 atom stereocenters. The zero-order chi connectivity index (χ0) is 14.8. The molecule has 3 aromatic rings. The SMILES string of the molecule is N#Cc1ccc(Cn2c(N)cc3ccccc3c2=O)cc1. The van der Waals surface area contributed by atoms with E-state index in [1.807, 2.05) is 30.3 Å². The third-order valence-electron chi connectivity index (χ3n) is 3.48. The van der Waals surface area contributed by atoms with Crippen molar-refractivity contribution in [1.29, 1.82) is 5.26 Å². The maximum atomic E-state index is 12.5. The first-order valence-electron chi connectivity index (χ1n) is 6.56. The first kappa shape index (κ1) is 12.9. The molecular formula is C17H13N3O. The number of nitrogens with two attached hydrogens (primary N) is 1. The molecule has 1 aromatic heterocycles. The number of rotatable bonds is 2. The van der Waals surface area contributed by atoms with Gasteiger partial charge in [-0.05, 0) is 35.2 Å². The molecule has 0 bridgehead atoms. The molecule has 0 radical (unpaired) electrons. The summed E-state index contributed by atoms with van der Waals surface area (Å²) in [7, 11) is 0. The highest BCUT2D eigenvalue weighted by Gasteiger charge is 2.07. The van der Waals surface area contributed by atoms with Crippen LogP contribution in [0.15, 0.2) is 59.4 Å². The van der Waals surface area contributed by atoms with Crippen molar-refractivity contribution in [2.75, 3.05) is 5.73 Å². The number of fused-ring (bicyclic) bond motifs is 1. The highest BCUT2D eigenvalue weighted by molar-refractivity contribution is 5.83. The molecular weight excluding hydrogens is 262 g/mol. The Morgan fingerprint density at radius 1 is 1.10 bits per heavy atom. The summed E-state index contributed by atoms with van der Waals surface area (Å²) in [6.45, 7) is 0.390. The largest absolute Gasteiger partial charge is 0.385 e. The maximum absolute atomic E-state index is 12.5. The topological polar surface area (TPSA) is 71.8 Å². The van der Waals surface area contributed by atoms with Crippen LogP contribution in [0.2, 0.25) is 0 Å². The summed E-state index contributed by atoms with van der Waals surface area (Å²) in [5.41, 5.74) is 7.42. The summed E-state index contributed by atoms with van der Waals surface area (Å²) < 4.78 is 1.55. The van der Waals surface area contributed by atoms with Crippen LogP contribution in [0.4, 0.5) is 5.82 Å². The van der Waals surface area contributed by atoms with E-state index in [1.165, 1.54) is 0 Å². The Hall–Kier alpha value is -3.06. The summed E-state index contributed by atoms with van der Waals surface area (Å²) in [5, 5.41) is 10.3. The van der Waals surface area contributed by atoms with E-state index >= 15 is 0 Å². The maximum Gasteiger partial charge on any atom is 0.260 e. The predicted molar refractivity (Wildman–Crippen MR) is 82.9 cm³/mol. The van der Waals surface area contributed by atoms with Gasteiger partial charge in [0, 0.05) is 5.39 Å². The molecule has 0 saturated carbocycles. The molecule has 4 heteroatoms. The lowest BCUT2D eigenvalue weighted by Crippen LogP contribution is -2.23. The molecule has 0 unspecified atom stereocenters. The van der Waals surface area contributed by atoms with E-state index in [4.69, 9.17) is 11.0 Å². The average Bonchev–Trinajstić information content (AvgIpc) is 2.52. The molecule has 102 valence electrons. The third-order valence-corrected chi connectivity index (χ3v) is 3.48. The number of aromatic nitrogens is 1. The molecule has 0 spiro atoms. The molecule has 0 saturated heterocycles. The Labute approximate surface area is 121 Å². The van der Waals surface area contributed by atoms with Crippen molar-refractivity contribution < 1.29 is 0 Å². The Morgan fingerprint density at radius 3 is 2.52 bits per heavy atom. The van der Waals surface area contributed by atoms with Crippen molar-refractivity contribution in [3.8, 4) is 6.07 Å². The van der Waals surface area contributed by atoms with Crippen molar-refractivity contribution >= 4 is 16.6 Å². The summed E-state index contributed by atoms with van der Waals surface area (Å²) in [5.74, 6) is 0.433. The van der Waals surface area contributed by atoms with Crippen LogP contribution < -0.4 is 11.3 Å². The van der Waals surface area contributed by atoms with Crippen LogP contribution in [-0.4, -0.2) is 4.57 Å². The van der Waals surface area contributed by atoms with Crippen molar-refractivity contribution in [3.05, 3.63) is 76.1 Å². The monoisotopic (exact) mass is 275 g/mol. The molecule has 0 aliphatic heterocycles. The van der Waals surface area contributed by atoms with Crippen LogP contribution in [0.1, 0.15) is 11.1 Å². The van der Waals surface area contributed by atoms with Gasteiger partial charge in [0.05, 0.1) is 18.2 Å². The second-order valence-electron chi connectivity index (χ2n) is 4.86. The van der Waals surface area contributed by atoms with Crippen molar-refractivity contribution in [1.82, 2.24) is 4.57 Å². The van der Waals surface area contributed by atoms with E-state index in [0.29, 0.717) is 23.3 Å². The lowest BCUT2D eigenvalue weighted by molar-refractivity contribution is 0.780. The van der Waals surface area contributed by atoms with Gasteiger partial charge >= 0.3 is 0 Å². The number of benzene rings is 2. The number of hydrogen-bond acceptors (Lipinski definition) is 3. The Balaban J connectivity index is 2.08. The van der Waals surface area contributed by atoms with Crippen LogP contribution in [0.5, 0.6) is 0 Å². The minimum Gasteiger partial charge on any atom is -0.385 e. The van der Waals surface area contributed by atoms with Crippen LogP contribution in [0.25, 0.3) is 10.8 Å². The van der Waals surface area contributed by atoms with E-state index < -0.39 is 0 Å². The van der Waals surface area contributed by atoms with Crippen LogP contribution in [-0.2, 0) is 6.54 Å². The fourth-order valence-corrected chi connectivity index (χ4v) is 2.35. The van der Waals surface area contributed by atoms with Gasteiger partial charge in [-0.25, -0.2) is 0 Å². The molecule has 1 heterocycles. The number of pyridine rings is 1. The normalized spacial score (nSPS) is 10.4. The minimum absolute atomic E-state index is 0.102. The first-order valence-corrected chi connectivity index (χ1v) is 6.56. The van der Waals surface area contributed by atoms with E-state index in [0.717, 1.165) is 10.9 Å². The lowest BCUT2D eigenvalue weighted by atomic mass is 10.1. The van der Waals surface area contributed by atoms with Crippen molar-refractivity contribution in [2.45, 2.75) is 6.54 Å². The second-order valence-corrected chi connectivity index (χ2v) is 4.86. The van der Waals surface area contributed by atoms with Gasteiger partial charge in [0.1, 0.15) is 5.82 Å². The molecule has 3 rings (SSSR count). The van der Waals surface area contributed by atoms with Crippen LogP contribution >= 0.6 is 0 Å². The Kier molecular flexibility index (Phi) is 3.17. The molecule has 0 aliphatic rings. The van der Waals surface area contributed by atoms with Crippen molar-refractivity contribution in [2.24, 2.45) is 0 Å². The van der Waals surface area contributed by atoms with Gasteiger partial charge in [0.2, 0.25) is 0 Å². The van der Waals surface area contributed by atoms with Gasteiger partial charge in [0.15, 0.2) is 0 Å². The summed E-state index contributed by atoms with van der Waals surface area (Å²) >= 11 is 0. The molecule has 0 amide bonds. The average molecular weight is 275 g/mol. The highest BCUT2D eigenvalue weighted by Crippen LogP contribution is 2.14. The second kappa shape index (κ2) is 5.14. The highest BCUT2D eigenvalue weighted by atomic mass is 16.1. The molecule has 0 fully saturated rings. The predicted octanol–water partition coefficient (Wildman–Crippen LogP) is 2.50. The fraction of sp³-hybridized carbons (Fsp3) is 0.0588. The van der Waals surface area contributed by atoms with Crippen LogP contribution in [0.3, 0.4) is 0 Å². The van der Waals surface area contributed by atoms with Crippen LogP contribution in [0, 0.1) is 11.3 Å².